The maximum atomic E-state index is 12.8. The molecule has 1 amide bonds. The molecule has 0 aliphatic carbocycles. The third kappa shape index (κ3) is 3.76. The second-order valence-electron chi connectivity index (χ2n) is 5.56. The molecule has 1 unspecified atom stereocenters. The topological polar surface area (TPSA) is 57.8 Å². The van der Waals surface area contributed by atoms with Crippen LogP contribution in [0.5, 0.6) is 0 Å². The molecule has 0 radical (unpaired) electrons. The van der Waals surface area contributed by atoms with Crippen LogP contribution >= 0.6 is 11.6 Å². The van der Waals surface area contributed by atoms with Gasteiger partial charge in [0.25, 0.3) is 5.91 Å². The molecule has 0 aliphatic rings. The first kappa shape index (κ1) is 17.3. The van der Waals surface area contributed by atoms with E-state index in [0.29, 0.717) is 21.9 Å². The minimum Gasteiger partial charge on any atom is -0.342 e. The molecule has 0 bridgehead atoms. The van der Waals surface area contributed by atoms with Crippen molar-refractivity contribution in [2.75, 3.05) is 0 Å². The standard InChI is InChI=1S/C17H13ClF3N3O/c1-9(15-23-13-6-5-12(18)8-14(13)24-15)22-16(25)10-3-2-4-11(7-10)17(19,20)21/h2-9H,1H3,(H,22,25)(H,23,24). The molecule has 25 heavy (non-hydrogen) atoms. The van der Waals surface area contributed by atoms with Crippen LogP contribution in [0.4, 0.5) is 13.2 Å². The van der Waals surface area contributed by atoms with E-state index in [-0.39, 0.29) is 5.56 Å². The second-order valence-corrected chi connectivity index (χ2v) is 5.99. The van der Waals surface area contributed by atoms with Gasteiger partial charge in [0.2, 0.25) is 0 Å². The Morgan fingerprint density at radius 1 is 1.24 bits per heavy atom. The van der Waals surface area contributed by atoms with Crippen LogP contribution in [0.1, 0.15) is 34.7 Å². The van der Waals surface area contributed by atoms with Gasteiger partial charge in [-0.15, -0.1) is 0 Å². The predicted molar refractivity (Wildman–Crippen MR) is 88.4 cm³/mol. The number of H-pyrrole nitrogens is 1. The van der Waals surface area contributed by atoms with Crippen molar-refractivity contribution in [3.63, 3.8) is 0 Å². The lowest BCUT2D eigenvalue weighted by atomic mass is 10.1. The molecule has 8 heteroatoms. The molecule has 2 aromatic carbocycles. The van der Waals surface area contributed by atoms with E-state index in [1.165, 1.54) is 12.1 Å². The summed E-state index contributed by atoms with van der Waals surface area (Å²) >= 11 is 5.91. The van der Waals surface area contributed by atoms with E-state index in [2.05, 4.69) is 15.3 Å². The van der Waals surface area contributed by atoms with Gasteiger partial charge >= 0.3 is 6.18 Å². The number of nitrogens with one attached hydrogen (secondary N) is 2. The molecule has 1 atom stereocenters. The number of benzene rings is 2. The highest BCUT2D eigenvalue weighted by atomic mass is 35.5. The molecule has 130 valence electrons. The summed E-state index contributed by atoms with van der Waals surface area (Å²) in [5.41, 5.74) is 0.453. The van der Waals surface area contributed by atoms with Crippen molar-refractivity contribution in [2.24, 2.45) is 0 Å². The molecule has 1 aromatic heterocycles. The van der Waals surface area contributed by atoms with Gasteiger partial charge in [-0.25, -0.2) is 4.98 Å². The number of carbonyl (C=O) groups is 1. The van der Waals surface area contributed by atoms with Crippen molar-refractivity contribution >= 4 is 28.5 Å². The first-order valence-electron chi connectivity index (χ1n) is 7.37. The van der Waals surface area contributed by atoms with Gasteiger partial charge in [-0.05, 0) is 43.3 Å². The number of imidazole rings is 1. The van der Waals surface area contributed by atoms with Crippen molar-refractivity contribution in [1.82, 2.24) is 15.3 Å². The van der Waals surface area contributed by atoms with Gasteiger partial charge in [-0.3, -0.25) is 4.79 Å². The molecule has 3 rings (SSSR count). The van der Waals surface area contributed by atoms with Crippen LogP contribution < -0.4 is 5.32 Å². The molecule has 3 aromatic rings. The van der Waals surface area contributed by atoms with E-state index in [0.717, 1.165) is 12.1 Å². The Morgan fingerprint density at radius 3 is 2.72 bits per heavy atom. The van der Waals surface area contributed by atoms with Crippen LogP contribution in [0.3, 0.4) is 0 Å². The summed E-state index contributed by atoms with van der Waals surface area (Å²) in [6.07, 6.45) is -4.50. The Hall–Kier alpha value is -2.54. The predicted octanol–water partition coefficient (Wildman–Crippen LogP) is 4.73. The van der Waals surface area contributed by atoms with E-state index < -0.39 is 23.7 Å². The number of nitrogens with zero attached hydrogens (tertiary/aromatic N) is 1. The van der Waals surface area contributed by atoms with Crippen molar-refractivity contribution in [2.45, 2.75) is 19.1 Å². The van der Waals surface area contributed by atoms with Gasteiger partial charge in [0.05, 0.1) is 22.6 Å². The van der Waals surface area contributed by atoms with E-state index in [1.54, 1.807) is 25.1 Å². The molecule has 0 aliphatic heterocycles. The third-order valence-corrected chi connectivity index (χ3v) is 3.91. The Bertz CT molecular complexity index is 936. The average molecular weight is 368 g/mol. The van der Waals surface area contributed by atoms with Crippen LogP contribution in [0.25, 0.3) is 11.0 Å². The van der Waals surface area contributed by atoms with Crippen molar-refractivity contribution in [1.29, 1.82) is 0 Å². The third-order valence-electron chi connectivity index (χ3n) is 3.67. The van der Waals surface area contributed by atoms with Crippen molar-refractivity contribution in [3.05, 3.63) is 64.4 Å². The summed E-state index contributed by atoms with van der Waals surface area (Å²) in [4.78, 5) is 19.6. The van der Waals surface area contributed by atoms with Crippen LogP contribution in [-0.4, -0.2) is 15.9 Å². The molecular formula is C17H13ClF3N3O. The fourth-order valence-corrected chi connectivity index (χ4v) is 2.56. The van der Waals surface area contributed by atoms with E-state index in [9.17, 15) is 18.0 Å². The summed E-state index contributed by atoms with van der Waals surface area (Å²) in [5, 5.41) is 3.18. The van der Waals surface area contributed by atoms with Crippen LogP contribution in [0.2, 0.25) is 5.02 Å². The lowest BCUT2D eigenvalue weighted by Gasteiger charge is -2.13. The number of aromatic amines is 1. The highest BCUT2D eigenvalue weighted by molar-refractivity contribution is 6.31. The number of aromatic nitrogens is 2. The molecule has 0 fully saturated rings. The Morgan fingerprint density at radius 2 is 2.00 bits per heavy atom. The van der Waals surface area contributed by atoms with E-state index in [1.807, 2.05) is 0 Å². The smallest absolute Gasteiger partial charge is 0.342 e. The minimum absolute atomic E-state index is 0.0687. The second kappa shape index (κ2) is 6.40. The normalized spacial score (nSPS) is 13.0. The molecule has 0 saturated carbocycles. The van der Waals surface area contributed by atoms with Crippen molar-refractivity contribution in [3.8, 4) is 0 Å². The van der Waals surface area contributed by atoms with Crippen LogP contribution in [-0.2, 0) is 6.18 Å². The Kier molecular flexibility index (Phi) is 4.43. The maximum Gasteiger partial charge on any atom is 0.416 e. The minimum atomic E-state index is -4.50. The molecule has 1 heterocycles. The summed E-state index contributed by atoms with van der Waals surface area (Å²) < 4.78 is 38.3. The molecule has 4 nitrogen and oxygen atoms in total. The molecular weight excluding hydrogens is 355 g/mol. The van der Waals surface area contributed by atoms with E-state index >= 15 is 0 Å². The van der Waals surface area contributed by atoms with Crippen LogP contribution in [0, 0.1) is 0 Å². The number of halogens is 4. The first-order valence-corrected chi connectivity index (χ1v) is 7.75. The number of hydrogen-bond acceptors (Lipinski definition) is 2. The fourth-order valence-electron chi connectivity index (χ4n) is 2.39. The van der Waals surface area contributed by atoms with Gasteiger partial charge in [0.15, 0.2) is 0 Å². The largest absolute Gasteiger partial charge is 0.416 e. The van der Waals surface area contributed by atoms with Gasteiger partial charge in [0, 0.05) is 10.6 Å². The Balaban J connectivity index is 1.80. The average Bonchev–Trinajstić information content (AvgIpc) is 2.97. The highest BCUT2D eigenvalue weighted by Crippen LogP contribution is 2.29. The zero-order chi connectivity index (χ0) is 18.2. The van der Waals surface area contributed by atoms with E-state index in [4.69, 9.17) is 11.6 Å². The van der Waals surface area contributed by atoms with Gasteiger partial charge in [-0.1, -0.05) is 17.7 Å². The maximum absolute atomic E-state index is 12.8. The zero-order valence-corrected chi connectivity index (χ0v) is 13.7. The van der Waals surface area contributed by atoms with Gasteiger partial charge < -0.3 is 10.3 Å². The number of rotatable bonds is 3. The summed E-state index contributed by atoms with van der Waals surface area (Å²) in [6.45, 7) is 1.69. The number of fused-ring (bicyclic) bond motifs is 1. The summed E-state index contributed by atoms with van der Waals surface area (Å²) in [7, 11) is 0. The molecule has 2 N–H and O–H groups in total. The lowest BCUT2D eigenvalue weighted by Crippen LogP contribution is -2.27. The van der Waals surface area contributed by atoms with Gasteiger partial charge in [-0.2, -0.15) is 13.2 Å². The summed E-state index contributed by atoms with van der Waals surface area (Å²) in [5.74, 6) is -0.130. The number of carbonyl (C=O) groups excluding carboxylic acids is 1. The van der Waals surface area contributed by atoms with Crippen molar-refractivity contribution < 1.29 is 18.0 Å². The monoisotopic (exact) mass is 367 g/mol. The molecule has 0 saturated heterocycles. The summed E-state index contributed by atoms with van der Waals surface area (Å²) in [6, 6.07) is 8.88. The number of amides is 1. The van der Waals surface area contributed by atoms with Crippen LogP contribution in [0.15, 0.2) is 42.5 Å². The molecule has 0 spiro atoms. The zero-order valence-electron chi connectivity index (χ0n) is 13.0. The quantitative estimate of drug-likeness (QED) is 0.703. The first-order chi connectivity index (χ1) is 11.7. The SMILES string of the molecule is CC(NC(=O)c1cccc(C(F)(F)F)c1)c1nc2ccc(Cl)cc2[nH]1. The number of alkyl halides is 3. The highest BCUT2D eigenvalue weighted by Gasteiger charge is 2.31. The van der Waals surface area contributed by atoms with Gasteiger partial charge in [0.1, 0.15) is 5.82 Å². The lowest BCUT2D eigenvalue weighted by molar-refractivity contribution is -0.137. The Labute approximate surface area is 146 Å². The number of hydrogen-bond donors (Lipinski definition) is 2. The fraction of sp³-hybridized carbons (Fsp3) is 0.176.